The van der Waals surface area contributed by atoms with Crippen LogP contribution >= 0.6 is 0 Å². The molecule has 1 saturated heterocycles. The van der Waals surface area contributed by atoms with Crippen LogP contribution < -0.4 is 4.72 Å². The first-order chi connectivity index (χ1) is 14.5. The number of carbonyl (C=O) groups is 2. The van der Waals surface area contributed by atoms with Crippen molar-refractivity contribution in [1.29, 1.82) is 0 Å². The molecule has 2 aromatic carbocycles. The van der Waals surface area contributed by atoms with Crippen LogP contribution in [0.1, 0.15) is 10.4 Å². The molecule has 0 spiro atoms. The van der Waals surface area contributed by atoms with E-state index in [9.17, 15) is 13.8 Å². The van der Waals surface area contributed by atoms with Crippen LogP contribution in [0.2, 0.25) is 0 Å². The van der Waals surface area contributed by atoms with Gasteiger partial charge in [-0.05, 0) is 36.4 Å². The van der Waals surface area contributed by atoms with Gasteiger partial charge in [-0.25, -0.2) is 9.00 Å². The highest BCUT2D eigenvalue weighted by Crippen LogP contribution is 2.21. The van der Waals surface area contributed by atoms with Crippen LogP contribution in [0.15, 0.2) is 65.7 Å². The van der Waals surface area contributed by atoms with E-state index in [1.165, 1.54) is 4.90 Å². The van der Waals surface area contributed by atoms with E-state index in [-0.39, 0.29) is 5.91 Å². The number of amides is 2. The lowest BCUT2D eigenvalue weighted by molar-refractivity contribution is 0.0625. The summed E-state index contributed by atoms with van der Waals surface area (Å²) in [7, 11) is -1.51. The molecule has 30 heavy (non-hydrogen) atoms. The van der Waals surface area contributed by atoms with Gasteiger partial charge in [-0.15, -0.1) is 0 Å². The summed E-state index contributed by atoms with van der Waals surface area (Å²) in [6, 6.07) is 16.0. The Morgan fingerprint density at radius 1 is 0.933 bits per heavy atom. The van der Waals surface area contributed by atoms with Crippen molar-refractivity contribution in [3.8, 4) is 0 Å². The number of anilines is 1. The predicted molar refractivity (Wildman–Crippen MR) is 114 cm³/mol. The first kappa shape index (κ1) is 19.8. The number of nitrogens with one attached hydrogen (secondary N) is 1. The number of para-hydroxylation sites is 1. The van der Waals surface area contributed by atoms with Gasteiger partial charge < -0.3 is 19.6 Å². The number of hydrogen-bond donors (Lipinski definition) is 2. The van der Waals surface area contributed by atoms with Crippen LogP contribution in [-0.2, 0) is 11.0 Å². The lowest BCUT2D eigenvalue weighted by Crippen LogP contribution is -2.50. The number of pyridine rings is 1. The van der Waals surface area contributed by atoms with Gasteiger partial charge in [0.25, 0.3) is 5.91 Å². The van der Waals surface area contributed by atoms with Gasteiger partial charge in [0.2, 0.25) is 0 Å². The van der Waals surface area contributed by atoms with E-state index >= 15 is 0 Å². The third-order valence-corrected chi connectivity index (χ3v) is 6.13. The predicted octanol–water partition coefficient (Wildman–Crippen LogP) is 2.81. The maximum Gasteiger partial charge on any atom is 0.407 e. The minimum Gasteiger partial charge on any atom is -0.465 e. The van der Waals surface area contributed by atoms with Crippen LogP contribution in [0.4, 0.5) is 10.5 Å². The molecule has 0 radical (unpaired) electrons. The van der Waals surface area contributed by atoms with E-state index in [0.717, 1.165) is 5.39 Å². The largest absolute Gasteiger partial charge is 0.465 e. The quantitative estimate of drug-likeness (QED) is 0.670. The summed E-state index contributed by atoms with van der Waals surface area (Å²) in [5.41, 5.74) is 1.80. The highest BCUT2D eigenvalue weighted by molar-refractivity contribution is 7.86. The molecule has 2 amide bonds. The van der Waals surface area contributed by atoms with Crippen molar-refractivity contribution < 1.29 is 18.9 Å². The molecule has 2 heterocycles. The lowest BCUT2D eigenvalue weighted by Gasteiger charge is -2.33. The Labute approximate surface area is 175 Å². The average molecular weight is 424 g/mol. The molecule has 3 aromatic rings. The number of piperazine rings is 1. The molecule has 1 aliphatic heterocycles. The van der Waals surface area contributed by atoms with Crippen LogP contribution in [0.3, 0.4) is 0 Å². The number of benzene rings is 2. The van der Waals surface area contributed by atoms with Gasteiger partial charge >= 0.3 is 6.09 Å². The lowest BCUT2D eigenvalue weighted by atomic mass is 10.1. The Morgan fingerprint density at radius 3 is 2.30 bits per heavy atom. The zero-order valence-electron chi connectivity index (χ0n) is 16.0. The fraction of sp³-hybridized carbons (Fsp3) is 0.190. The molecule has 1 fully saturated rings. The minimum atomic E-state index is -1.51. The topological polar surface area (TPSA) is 103 Å². The second-order valence-electron chi connectivity index (χ2n) is 6.84. The minimum absolute atomic E-state index is 0.147. The third kappa shape index (κ3) is 4.11. The summed E-state index contributed by atoms with van der Waals surface area (Å²) >= 11 is 0. The number of hydrogen-bond acceptors (Lipinski definition) is 4. The third-order valence-electron chi connectivity index (χ3n) is 4.98. The fourth-order valence-electron chi connectivity index (χ4n) is 3.35. The standard InChI is InChI=1S/C21H20N4O4S/c26-20(24-11-13-25(14-12-24)21(27)28)16-6-8-17(9-7-16)23-30(29)18-5-1-3-15-4-2-10-22-19(15)18/h1-10,23H,11-14H2,(H,27,28). The second-order valence-corrected chi connectivity index (χ2v) is 8.02. The molecule has 4 rings (SSSR count). The van der Waals surface area contributed by atoms with Crippen molar-refractivity contribution in [2.24, 2.45) is 0 Å². The van der Waals surface area contributed by atoms with E-state index in [1.807, 2.05) is 24.3 Å². The van der Waals surface area contributed by atoms with Crippen molar-refractivity contribution in [2.45, 2.75) is 4.90 Å². The highest BCUT2D eigenvalue weighted by Gasteiger charge is 2.24. The van der Waals surface area contributed by atoms with Gasteiger partial charge in [-0.3, -0.25) is 9.78 Å². The van der Waals surface area contributed by atoms with Crippen molar-refractivity contribution in [3.05, 3.63) is 66.4 Å². The summed E-state index contributed by atoms with van der Waals surface area (Å²) in [5, 5.41) is 9.92. The Morgan fingerprint density at radius 2 is 1.60 bits per heavy atom. The molecule has 154 valence electrons. The highest BCUT2D eigenvalue weighted by atomic mass is 32.2. The van der Waals surface area contributed by atoms with Gasteiger partial charge in [0.1, 0.15) is 0 Å². The Balaban J connectivity index is 1.43. The van der Waals surface area contributed by atoms with Gasteiger partial charge in [-0.1, -0.05) is 18.2 Å². The Kier molecular flexibility index (Phi) is 5.62. The van der Waals surface area contributed by atoms with Gasteiger partial charge in [-0.2, -0.15) is 0 Å². The number of fused-ring (bicyclic) bond motifs is 1. The summed E-state index contributed by atoms with van der Waals surface area (Å²) in [6.07, 6.45) is 0.701. The number of nitrogens with zero attached hydrogens (tertiary/aromatic N) is 3. The molecular weight excluding hydrogens is 404 g/mol. The van der Waals surface area contributed by atoms with E-state index in [4.69, 9.17) is 5.11 Å². The first-order valence-electron chi connectivity index (χ1n) is 9.42. The molecule has 1 unspecified atom stereocenters. The number of aromatic nitrogens is 1. The Bertz CT molecular complexity index is 1110. The van der Waals surface area contributed by atoms with Crippen molar-refractivity contribution in [2.75, 3.05) is 30.9 Å². The maximum atomic E-state index is 12.8. The van der Waals surface area contributed by atoms with Crippen LogP contribution in [0.25, 0.3) is 10.9 Å². The summed E-state index contributed by atoms with van der Waals surface area (Å²) in [4.78, 5) is 31.5. The number of rotatable bonds is 4. The molecule has 2 N–H and O–H groups in total. The van der Waals surface area contributed by atoms with Crippen molar-refractivity contribution in [1.82, 2.24) is 14.8 Å². The SMILES string of the molecule is O=C(O)N1CCN(C(=O)c2ccc(NS(=O)c3cccc4cccnc34)cc2)CC1. The van der Waals surface area contributed by atoms with Gasteiger partial charge in [0, 0.05) is 49.0 Å². The zero-order chi connectivity index (χ0) is 21.1. The molecule has 1 atom stereocenters. The molecule has 8 nitrogen and oxygen atoms in total. The van der Waals surface area contributed by atoms with E-state index < -0.39 is 17.1 Å². The smallest absolute Gasteiger partial charge is 0.407 e. The monoisotopic (exact) mass is 424 g/mol. The molecule has 1 aliphatic rings. The number of carboxylic acid groups (broad SMARTS) is 1. The normalized spacial score (nSPS) is 15.1. The maximum absolute atomic E-state index is 12.8. The van der Waals surface area contributed by atoms with Gasteiger partial charge in [0.05, 0.1) is 10.4 Å². The molecule has 0 aliphatic carbocycles. The number of carbonyl (C=O) groups excluding carboxylic acids is 1. The molecule has 1 aromatic heterocycles. The summed E-state index contributed by atoms with van der Waals surface area (Å²) in [6.45, 7) is 1.34. The van der Waals surface area contributed by atoms with Gasteiger partial charge in [0.15, 0.2) is 11.0 Å². The molecule has 0 saturated carbocycles. The van der Waals surface area contributed by atoms with Crippen LogP contribution in [0, 0.1) is 0 Å². The van der Waals surface area contributed by atoms with Crippen molar-refractivity contribution in [3.63, 3.8) is 0 Å². The summed E-state index contributed by atoms with van der Waals surface area (Å²) < 4.78 is 15.8. The van der Waals surface area contributed by atoms with Crippen molar-refractivity contribution >= 4 is 39.6 Å². The molecule has 0 bridgehead atoms. The fourth-order valence-corrected chi connectivity index (χ4v) is 4.36. The first-order valence-corrected chi connectivity index (χ1v) is 10.6. The Hall–Kier alpha value is -3.46. The van der Waals surface area contributed by atoms with E-state index in [2.05, 4.69) is 9.71 Å². The zero-order valence-corrected chi connectivity index (χ0v) is 16.8. The molecular formula is C21H20N4O4S. The van der Waals surface area contributed by atoms with E-state index in [1.54, 1.807) is 41.4 Å². The van der Waals surface area contributed by atoms with Crippen LogP contribution in [0.5, 0.6) is 0 Å². The molecule has 9 heteroatoms. The summed E-state index contributed by atoms with van der Waals surface area (Å²) in [5.74, 6) is -0.147. The van der Waals surface area contributed by atoms with E-state index in [0.29, 0.717) is 47.8 Å². The average Bonchev–Trinajstić information content (AvgIpc) is 2.78. The van der Waals surface area contributed by atoms with Crippen LogP contribution in [-0.4, -0.2) is 62.3 Å². The second kappa shape index (κ2) is 8.50.